The summed E-state index contributed by atoms with van der Waals surface area (Å²) in [5.74, 6) is 0. The van der Waals surface area contributed by atoms with Crippen LogP contribution < -0.4 is 0 Å². The molecule has 0 amide bonds. The Morgan fingerprint density at radius 1 is 0.864 bits per heavy atom. The zero-order chi connectivity index (χ0) is 15.1. The van der Waals surface area contributed by atoms with Crippen LogP contribution in [0.5, 0.6) is 0 Å². The molecule has 3 rings (SSSR count). The maximum absolute atomic E-state index is 4.38. The fraction of sp³-hybridized carbons (Fsp3) is 0.150. The van der Waals surface area contributed by atoms with Gasteiger partial charge in [0.05, 0.1) is 0 Å². The van der Waals surface area contributed by atoms with Crippen LogP contribution in [0.25, 0.3) is 22.4 Å². The quantitative estimate of drug-likeness (QED) is 0.449. The van der Waals surface area contributed by atoms with E-state index in [4.69, 9.17) is 0 Å². The van der Waals surface area contributed by atoms with E-state index < -0.39 is 0 Å². The second-order valence-corrected chi connectivity index (χ2v) is 4.53. The van der Waals surface area contributed by atoms with Crippen molar-refractivity contribution in [2.75, 3.05) is 0 Å². The number of rotatable bonds is 2. The molecule has 0 unspecified atom stereocenters. The number of hydrogen-bond donors (Lipinski definition) is 0. The van der Waals surface area contributed by atoms with Gasteiger partial charge in [0.25, 0.3) is 0 Å². The van der Waals surface area contributed by atoms with Gasteiger partial charge in [0.1, 0.15) is 0 Å². The Balaban J connectivity index is 0.000000775. The van der Waals surface area contributed by atoms with Crippen molar-refractivity contribution in [2.24, 2.45) is 0 Å². The standard InChI is InChI=1S/C18H14N.C2H6.Pt/c1-14-13-16(15-7-3-2-4-8-15)10-11-17(14)18-9-5-6-12-19-18;1-2;/h2-10,12-13H,1H3;1-2H3;/q-1;;. The van der Waals surface area contributed by atoms with Crippen LogP contribution in [0.1, 0.15) is 19.4 Å². The molecule has 0 aliphatic heterocycles. The Kier molecular flexibility index (Phi) is 7.77. The number of pyridine rings is 1. The van der Waals surface area contributed by atoms with Gasteiger partial charge in [0, 0.05) is 27.3 Å². The largest absolute Gasteiger partial charge is 0.305 e. The molecule has 0 aliphatic carbocycles. The van der Waals surface area contributed by atoms with Crippen LogP contribution in [0, 0.1) is 13.0 Å². The van der Waals surface area contributed by atoms with Gasteiger partial charge in [-0.25, -0.2) is 0 Å². The van der Waals surface area contributed by atoms with Crippen molar-refractivity contribution < 1.29 is 21.1 Å². The summed E-state index contributed by atoms with van der Waals surface area (Å²) in [5, 5.41) is 0. The SMILES string of the molecule is CC.Cc1cc(-c2ccccc2)c[c-]c1-c1ccccn1.[Pt]. The van der Waals surface area contributed by atoms with Crippen LogP contribution in [-0.2, 0) is 21.1 Å². The number of benzene rings is 2. The normalized spacial score (nSPS) is 9.23. The van der Waals surface area contributed by atoms with Gasteiger partial charge in [-0.1, -0.05) is 74.4 Å². The molecule has 0 fully saturated rings. The number of nitrogens with zero attached hydrogens (tertiary/aromatic N) is 1. The Hall–Kier alpha value is -1.72. The summed E-state index contributed by atoms with van der Waals surface area (Å²) < 4.78 is 0. The van der Waals surface area contributed by atoms with Crippen molar-refractivity contribution in [3.8, 4) is 22.4 Å². The molecule has 2 heteroatoms. The Labute approximate surface area is 147 Å². The summed E-state index contributed by atoms with van der Waals surface area (Å²) in [4.78, 5) is 4.38. The third kappa shape index (κ3) is 4.38. The van der Waals surface area contributed by atoms with Gasteiger partial charge >= 0.3 is 0 Å². The molecule has 0 N–H and O–H groups in total. The summed E-state index contributed by atoms with van der Waals surface area (Å²) in [7, 11) is 0. The van der Waals surface area contributed by atoms with Crippen molar-refractivity contribution in [2.45, 2.75) is 20.8 Å². The van der Waals surface area contributed by atoms with Crippen LogP contribution >= 0.6 is 0 Å². The Morgan fingerprint density at radius 2 is 1.55 bits per heavy atom. The molecule has 0 aliphatic rings. The summed E-state index contributed by atoms with van der Waals surface area (Å²) in [6.07, 6.45) is 1.81. The molecule has 0 saturated carbocycles. The van der Waals surface area contributed by atoms with Crippen LogP contribution in [0.2, 0.25) is 0 Å². The topological polar surface area (TPSA) is 12.9 Å². The first-order chi connectivity index (χ1) is 10.3. The molecule has 0 spiro atoms. The van der Waals surface area contributed by atoms with Crippen LogP contribution in [0.4, 0.5) is 0 Å². The van der Waals surface area contributed by atoms with E-state index in [1.54, 1.807) is 0 Å². The molecule has 0 radical (unpaired) electrons. The molecule has 0 atom stereocenters. The maximum Gasteiger partial charge on any atom is 0.0160 e. The van der Waals surface area contributed by atoms with Crippen LogP contribution in [0.15, 0.2) is 66.9 Å². The molecule has 116 valence electrons. The van der Waals surface area contributed by atoms with E-state index in [2.05, 4.69) is 48.3 Å². The molecule has 2 aromatic carbocycles. The van der Waals surface area contributed by atoms with E-state index in [1.165, 1.54) is 16.7 Å². The zero-order valence-electron chi connectivity index (χ0n) is 13.1. The first-order valence-electron chi connectivity index (χ1n) is 7.34. The monoisotopic (exact) mass is 469 g/mol. The van der Waals surface area contributed by atoms with Crippen molar-refractivity contribution in [3.63, 3.8) is 0 Å². The Bertz CT molecular complexity index is 679. The molecule has 1 heterocycles. The summed E-state index contributed by atoms with van der Waals surface area (Å²) >= 11 is 0. The number of hydrogen-bond acceptors (Lipinski definition) is 1. The average molecular weight is 469 g/mol. The van der Waals surface area contributed by atoms with E-state index >= 15 is 0 Å². The van der Waals surface area contributed by atoms with Gasteiger partial charge in [0.15, 0.2) is 0 Å². The van der Waals surface area contributed by atoms with Crippen molar-refractivity contribution in [1.82, 2.24) is 4.98 Å². The van der Waals surface area contributed by atoms with Gasteiger partial charge in [0.2, 0.25) is 0 Å². The predicted molar refractivity (Wildman–Crippen MR) is 90.0 cm³/mol. The fourth-order valence-corrected chi connectivity index (χ4v) is 2.19. The molecular formula is C20H20NPt-. The molecular weight excluding hydrogens is 449 g/mol. The van der Waals surface area contributed by atoms with Gasteiger partial charge in [-0.3, -0.25) is 0 Å². The molecule has 0 bridgehead atoms. The van der Waals surface area contributed by atoms with Gasteiger partial charge in [-0.2, -0.15) is 0 Å². The molecule has 22 heavy (non-hydrogen) atoms. The summed E-state index contributed by atoms with van der Waals surface area (Å²) in [6, 6.07) is 23.9. The molecule has 1 aromatic heterocycles. The summed E-state index contributed by atoms with van der Waals surface area (Å²) in [6.45, 7) is 6.10. The Morgan fingerprint density at radius 3 is 2.14 bits per heavy atom. The van der Waals surface area contributed by atoms with Gasteiger partial charge < -0.3 is 4.98 Å². The minimum Gasteiger partial charge on any atom is -0.305 e. The van der Waals surface area contributed by atoms with Gasteiger partial charge in [-0.05, 0) is 11.8 Å². The molecule has 3 aromatic rings. The van der Waals surface area contributed by atoms with Gasteiger partial charge in [-0.15, -0.1) is 29.3 Å². The second-order valence-electron chi connectivity index (χ2n) is 4.53. The number of aryl methyl sites for hydroxylation is 1. The first kappa shape index (κ1) is 18.3. The smallest absolute Gasteiger partial charge is 0.0160 e. The van der Waals surface area contributed by atoms with E-state index in [0.29, 0.717) is 0 Å². The van der Waals surface area contributed by atoms with E-state index in [-0.39, 0.29) is 21.1 Å². The third-order valence-electron chi connectivity index (χ3n) is 3.17. The fourth-order valence-electron chi connectivity index (χ4n) is 2.19. The zero-order valence-corrected chi connectivity index (χ0v) is 15.4. The molecule has 0 saturated heterocycles. The predicted octanol–water partition coefficient (Wildman–Crippen LogP) is 5.55. The van der Waals surface area contributed by atoms with Crippen LogP contribution in [-0.4, -0.2) is 4.98 Å². The summed E-state index contributed by atoms with van der Waals surface area (Å²) in [5.41, 5.74) is 5.65. The average Bonchev–Trinajstić information content (AvgIpc) is 2.58. The van der Waals surface area contributed by atoms with E-state index in [9.17, 15) is 0 Å². The van der Waals surface area contributed by atoms with Crippen molar-refractivity contribution in [1.29, 1.82) is 0 Å². The maximum atomic E-state index is 4.38. The second kappa shape index (κ2) is 9.33. The minimum atomic E-state index is 0. The van der Waals surface area contributed by atoms with Crippen molar-refractivity contribution >= 4 is 0 Å². The number of aromatic nitrogens is 1. The van der Waals surface area contributed by atoms with E-state index in [0.717, 1.165) is 11.3 Å². The minimum absolute atomic E-state index is 0. The first-order valence-corrected chi connectivity index (χ1v) is 7.34. The molecule has 1 nitrogen and oxygen atoms in total. The third-order valence-corrected chi connectivity index (χ3v) is 3.17. The van der Waals surface area contributed by atoms with Crippen LogP contribution in [0.3, 0.4) is 0 Å². The van der Waals surface area contributed by atoms with E-state index in [1.807, 2.05) is 50.4 Å². The van der Waals surface area contributed by atoms with Crippen molar-refractivity contribution in [3.05, 3.63) is 78.5 Å².